The third kappa shape index (κ3) is 3.19. The number of carbonyl (C=O) groups is 1. The van der Waals surface area contributed by atoms with E-state index in [9.17, 15) is 4.79 Å². The Kier molecular flexibility index (Phi) is 4.04. The van der Waals surface area contributed by atoms with E-state index in [0.717, 1.165) is 12.8 Å². The molecule has 0 aromatic heterocycles. The summed E-state index contributed by atoms with van der Waals surface area (Å²) in [7, 11) is 0. The molecule has 4 nitrogen and oxygen atoms in total. The third-order valence-corrected chi connectivity index (χ3v) is 1.57. The topological polar surface area (TPSA) is 44.8 Å². The maximum absolute atomic E-state index is 10.9. The molecule has 0 spiro atoms. The Bertz CT molecular complexity index is 140. The second-order valence-electron chi connectivity index (χ2n) is 2.57. The molecular weight excluding hydrogens is 160 g/mol. The lowest BCUT2D eigenvalue weighted by Crippen LogP contribution is -2.20. The van der Waals surface area contributed by atoms with Crippen LogP contribution in [0.4, 0.5) is 0 Å². The molecule has 0 saturated carbocycles. The number of carbonyl (C=O) groups excluding carboxylic acids is 1. The largest absolute Gasteiger partial charge is 0.434 e. The summed E-state index contributed by atoms with van der Waals surface area (Å²) in [4.78, 5) is 10.9. The van der Waals surface area contributed by atoms with Crippen LogP contribution in [-0.4, -0.2) is 32.1 Å². The van der Waals surface area contributed by atoms with Crippen LogP contribution >= 0.6 is 0 Å². The molecule has 1 atom stereocenters. The highest BCUT2D eigenvalue weighted by atomic mass is 16.7. The van der Waals surface area contributed by atoms with Crippen LogP contribution < -0.4 is 0 Å². The Labute approximate surface area is 71.8 Å². The van der Waals surface area contributed by atoms with E-state index in [1.807, 2.05) is 6.92 Å². The van der Waals surface area contributed by atoms with Crippen molar-refractivity contribution in [2.24, 2.45) is 0 Å². The van der Waals surface area contributed by atoms with Crippen molar-refractivity contribution in [3.8, 4) is 0 Å². The molecule has 4 heteroatoms. The second-order valence-corrected chi connectivity index (χ2v) is 2.57. The van der Waals surface area contributed by atoms with E-state index >= 15 is 0 Å². The van der Waals surface area contributed by atoms with Crippen molar-refractivity contribution in [3.63, 3.8) is 0 Å². The Morgan fingerprint density at radius 1 is 1.67 bits per heavy atom. The van der Waals surface area contributed by atoms with Crippen LogP contribution in [0.15, 0.2) is 0 Å². The summed E-state index contributed by atoms with van der Waals surface area (Å²) in [6.07, 6.45) is 1.43. The third-order valence-electron chi connectivity index (χ3n) is 1.57. The minimum Gasteiger partial charge on any atom is -0.434 e. The van der Waals surface area contributed by atoms with Crippen molar-refractivity contribution in [1.29, 1.82) is 0 Å². The number of esters is 1. The molecule has 0 aliphatic carbocycles. The molecule has 1 unspecified atom stereocenters. The van der Waals surface area contributed by atoms with Gasteiger partial charge in [0.1, 0.15) is 6.61 Å². The summed E-state index contributed by atoms with van der Waals surface area (Å²) >= 11 is 0. The maximum Gasteiger partial charge on any atom is 0.334 e. The van der Waals surface area contributed by atoms with Crippen LogP contribution in [0.5, 0.6) is 0 Å². The minimum absolute atomic E-state index is 0.0242. The van der Waals surface area contributed by atoms with Gasteiger partial charge in [-0.1, -0.05) is 0 Å². The fourth-order valence-electron chi connectivity index (χ4n) is 1.01. The van der Waals surface area contributed by atoms with Crippen LogP contribution in [0.3, 0.4) is 0 Å². The molecule has 0 N–H and O–H groups in total. The van der Waals surface area contributed by atoms with Crippen molar-refractivity contribution >= 4 is 5.97 Å². The van der Waals surface area contributed by atoms with Gasteiger partial charge in [-0.2, -0.15) is 0 Å². The van der Waals surface area contributed by atoms with Gasteiger partial charge in [-0.05, 0) is 13.3 Å². The molecule has 0 aromatic carbocycles. The minimum atomic E-state index is -0.344. The Morgan fingerprint density at radius 2 is 2.50 bits per heavy atom. The standard InChI is InChI=1S/C8H14O4/c1-2-10-6-7(9)12-8-4-3-5-11-8/h8H,2-6H2,1H3. The van der Waals surface area contributed by atoms with Crippen molar-refractivity contribution < 1.29 is 19.0 Å². The molecule has 0 aromatic rings. The van der Waals surface area contributed by atoms with Gasteiger partial charge in [0, 0.05) is 13.0 Å². The summed E-state index contributed by atoms with van der Waals surface area (Å²) in [5.74, 6) is -0.344. The molecular formula is C8H14O4. The predicted molar refractivity (Wildman–Crippen MR) is 41.6 cm³/mol. The molecule has 0 amide bonds. The van der Waals surface area contributed by atoms with E-state index in [-0.39, 0.29) is 18.9 Å². The monoisotopic (exact) mass is 174 g/mol. The van der Waals surface area contributed by atoms with Gasteiger partial charge in [0.15, 0.2) is 0 Å². The van der Waals surface area contributed by atoms with E-state index in [0.29, 0.717) is 13.2 Å². The van der Waals surface area contributed by atoms with Gasteiger partial charge >= 0.3 is 5.97 Å². The van der Waals surface area contributed by atoms with E-state index in [4.69, 9.17) is 14.2 Å². The lowest BCUT2D eigenvalue weighted by atomic mass is 10.4. The van der Waals surface area contributed by atoms with Crippen LogP contribution in [0.2, 0.25) is 0 Å². The normalized spacial score (nSPS) is 22.6. The van der Waals surface area contributed by atoms with Gasteiger partial charge in [-0.3, -0.25) is 0 Å². The fourth-order valence-corrected chi connectivity index (χ4v) is 1.01. The number of rotatable bonds is 4. The molecule has 1 rings (SSSR count). The van der Waals surface area contributed by atoms with E-state index < -0.39 is 0 Å². The first-order valence-corrected chi connectivity index (χ1v) is 4.21. The molecule has 1 fully saturated rings. The summed E-state index contributed by atoms with van der Waals surface area (Å²) in [6.45, 7) is 3.07. The Morgan fingerprint density at radius 3 is 3.08 bits per heavy atom. The molecule has 0 radical (unpaired) electrons. The average molecular weight is 174 g/mol. The van der Waals surface area contributed by atoms with Crippen molar-refractivity contribution in [1.82, 2.24) is 0 Å². The number of ether oxygens (including phenoxy) is 3. The summed E-state index contributed by atoms with van der Waals surface area (Å²) in [5, 5.41) is 0. The summed E-state index contributed by atoms with van der Waals surface area (Å²) in [5.41, 5.74) is 0. The first kappa shape index (κ1) is 9.48. The van der Waals surface area contributed by atoms with E-state index in [1.54, 1.807) is 0 Å². The quantitative estimate of drug-likeness (QED) is 0.588. The predicted octanol–water partition coefficient (Wildman–Crippen LogP) is 0.703. The lowest BCUT2D eigenvalue weighted by molar-refractivity contribution is -0.174. The molecule has 1 heterocycles. The SMILES string of the molecule is CCOCC(=O)OC1CCCO1. The van der Waals surface area contributed by atoms with Gasteiger partial charge < -0.3 is 14.2 Å². The fraction of sp³-hybridized carbons (Fsp3) is 0.875. The van der Waals surface area contributed by atoms with Gasteiger partial charge in [-0.25, -0.2) is 4.79 Å². The average Bonchev–Trinajstić information content (AvgIpc) is 2.53. The maximum atomic E-state index is 10.9. The summed E-state index contributed by atoms with van der Waals surface area (Å²) in [6, 6.07) is 0. The Hall–Kier alpha value is -0.610. The van der Waals surface area contributed by atoms with Crippen molar-refractivity contribution in [2.75, 3.05) is 19.8 Å². The Balaban J connectivity index is 2.08. The van der Waals surface area contributed by atoms with Gasteiger partial charge in [0.2, 0.25) is 6.29 Å². The molecule has 70 valence electrons. The zero-order chi connectivity index (χ0) is 8.81. The van der Waals surface area contributed by atoms with Crippen LogP contribution in [-0.2, 0) is 19.0 Å². The highest BCUT2D eigenvalue weighted by Gasteiger charge is 2.19. The number of hydrogen-bond acceptors (Lipinski definition) is 4. The molecule has 1 aliphatic rings. The van der Waals surface area contributed by atoms with Gasteiger partial charge in [-0.15, -0.1) is 0 Å². The zero-order valence-corrected chi connectivity index (χ0v) is 7.25. The highest BCUT2D eigenvalue weighted by molar-refractivity contribution is 5.70. The zero-order valence-electron chi connectivity index (χ0n) is 7.25. The lowest BCUT2D eigenvalue weighted by Gasteiger charge is -2.10. The van der Waals surface area contributed by atoms with E-state index in [1.165, 1.54) is 0 Å². The summed E-state index contributed by atoms with van der Waals surface area (Å²) < 4.78 is 14.9. The molecule has 1 saturated heterocycles. The van der Waals surface area contributed by atoms with Crippen LogP contribution in [0.25, 0.3) is 0 Å². The van der Waals surface area contributed by atoms with Crippen molar-refractivity contribution in [2.45, 2.75) is 26.1 Å². The second kappa shape index (κ2) is 5.11. The van der Waals surface area contributed by atoms with Crippen LogP contribution in [0.1, 0.15) is 19.8 Å². The smallest absolute Gasteiger partial charge is 0.334 e. The van der Waals surface area contributed by atoms with E-state index in [2.05, 4.69) is 0 Å². The first-order valence-electron chi connectivity index (χ1n) is 4.21. The first-order chi connectivity index (χ1) is 5.83. The molecule has 1 aliphatic heterocycles. The highest BCUT2D eigenvalue weighted by Crippen LogP contribution is 2.12. The molecule has 12 heavy (non-hydrogen) atoms. The van der Waals surface area contributed by atoms with Crippen molar-refractivity contribution in [3.05, 3.63) is 0 Å². The number of hydrogen-bond donors (Lipinski definition) is 0. The molecule has 0 bridgehead atoms. The van der Waals surface area contributed by atoms with Gasteiger partial charge in [0.25, 0.3) is 0 Å². The van der Waals surface area contributed by atoms with Gasteiger partial charge in [0.05, 0.1) is 6.61 Å². The van der Waals surface area contributed by atoms with Crippen LogP contribution in [0, 0.1) is 0 Å².